The van der Waals surface area contributed by atoms with Crippen LogP contribution in [0.5, 0.6) is 0 Å². The maximum Gasteiger partial charge on any atom is 0.300 e. The van der Waals surface area contributed by atoms with Crippen LogP contribution in [-0.2, 0) is 4.79 Å². The molecule has 0 aromatic carbocycles. The highest BCUT2D eigenvalue weighted by Gasteiger charge is 2.12. The number of hydrogen-bond donors (Lipinski definition) is 4. The lowest BCUT2D eigenvalue weighted by Gasteiger charge is -2.15. The fourth-order valence-electron chi connectivity index (χ4n) is 2.71. The zero-order valence-electron chi connectivity index (χ0n) is 16.6. The summed E-state index contributed by atoms with van der Waals surface area (Å²) < 4.78 is 0. The molecule has 0 saturated heterocycles. The van der Waals surface area contributed by atoms with Gasteiger partial charge in [0.1, 0.15) is 0 Å². The number of rotatable bonds is 16. The summed E-state index contributed by atoms with van der Waals surface area (Å²) in [5.41, 5.74) is 5.56. The van der Waals surface area contributed by atoms with Crippen LogP contribution >= 0.6 is 0 Å². The molecule has 152 valence electrons. The average molecular weight is 362 g/mol. The van der Waals surface area contributed by atoms with Crippen molar-refractivity contribution in [1.29, 1.82) is 0 Å². The van der Waals surface area contributed by atoms with Crippen LogP contribution in [0.2, 0.25) is 0 Å². The van der Waals surface area contributed by atoms with Crippen LogP contribution in [0.4, 0.5) is 0 Å². The predicted octanol–water partition coefficient (Wildman–Crippen LogP) is 4.24. The van der Waals surface area contributed by atoms with Gasteiger partial charge in [0, 0.05) is 6.92 Å². The van der Waals surface area contributed by atoms with E-state index in [1.54, 1.807) is 0 Å². The Morgan fingerprint density at radius 1 is 0.840 bits per heavy atom. The highest BCUT2D eigenvalue weighted by molar-refractivity contribution is 5.62. The number of aliphatic carboxylic acids is 1. The first-order valence-electron chi connectivity index (χ1n) is 10.2. The van der Waals surface area contributed by atoms with Crippen molar-refractivity contribution in [1.82, 2.24) is 0 Å². The first-order chi connectivity index (χ1) is 12.0. The van der Waals surface area contributed by atoms with E-state index in [1.165, 1.54) is 77.0 Å². The SMILES string of the molecule is CC(=O)O.CCCCCCCCCCCCCCCC(O)C(N)CO. The van der Waals surface area contributed by atoms with Crippen LogP contribution < -0.4 is 5.73 Å². The minimum Gasteiger partial charge on any atom is -0.481 e. The molecule has 0 rings (SSSR count). The van der Waals surface area contributed by atoms with Gasteiger partial charge in [0.25, 0.3) is 5.97 Å². The van der Waals surface area contributed by atoms with Crippen molar-refractivity contribution < 1.29 is 20.1 Å². The van der Waals surface area contributed by atoms with E-state index in [2.05, 4.69) is 6.92 Å². The van der Waals surface area contributed by atoms with Gasteiger partial charge in [0.2, 0.25) is 0 Å². The molecule has 0 aliphatic rings. The standard InChI is InChI=1S/C18H39NO2.C2H4O2/c1-2-3-4-5-6-7-8-9-10-11-12-13-14-15-18(21)17(19)16-20;1-2(3)4/h17-18,20-21H,2-16,19H2,1H3;1H3,(H,3,4). The predicted molar refractivity (Wildman–Crippen MR) is 105 cm³/mol. The summed E-state index contributed by atoms with van der Waals surface area (Å²) in [6.07, 6.45) is 17.5. The molecule has 0 heterocycles. The van der Waals surface area contributed by atoms with Crippen LogP contribution in [0, 0.1) is 0 Å². The van der Waals surface area contributed by atoms with Crippen molar-refractivity contribution in [2.24, 2.45) is 5.73 Å². The third-order valence-corrected chi connectivity index (χ3v) is 4.31. The number of nitrogens with two attached hydrogens (primary N) is 1. The average Bonchev–Trinajstić information content (AvgIpc) is 2.57. The first kappa shape index (κ1) is 26.6. The lowest BCUT2D eigenvalue weighted by Crippen LogP contribution is -2.37. The number of aliphatic hydroxyl groups is 2. The van der Waals surface area contributed by atoms with E-state index in [1.807, 2.05) is 0 Å². The lowest BCUT2D eigenvalue weighted by atomic mass is 10.0. The molecular formula is C20H43NO4. The molecule has 5 nitrogen and oxygen atoms in total. The van der Waals surface area contributed by atoms with Crippen LogP contribution in [-0.4, -0.2) is 40.0 Å². The minimum atomic E-state index is -0.833. The molecule has 0 aromatic heterocycles. The van der Waals surface area contributed by atoms with Gasteiger partial charge in [-0.15, -0.1) is 0 Å². The summed E-state index contributed by atoms with van der Waals surface area (Å²) in [6, 6.07) is -0.470. The Morgan fingerprint density at radius 2 is 1.16 bits per heavy atom. The second-order valence-electron chi connectivity index (χ2n) is 6.96. The van der Waals surface area contributed by atoms with Crippen molar-refractivity contribution in [3.63, 3.8) is 0 Å². The first-order valence-corrected chi connectivity index (χ1v) is 10.2. The van der Waals surface area contributed by atoms with E-state index in [4.69, 9.17) is 20.7 Å². The molecule has 25 heavy (non-hydrogen) atoms. The molecule has 0 amide bonds. The monoisotopic (exact) mass is 361 g/mol. The number of aliphatic hydroxyl groups excluding tert-OH is 2. The Kier molecular flexibility index (Phi) is 22.7. The highest BCUT2D eigenvalue weighted by Crippen LogP contribution is 2.13. The molecule has 5 heteroatoms. The zero-order valence-corrected chi connectivity index (χ0v) is 16.6. The van der Waals surface area contributed by atoms with Gasteiger partial charge in [-0.3, -0.25) is 4.79 Å². The number of carboxylic acids is 1. The molecule has 0 aliphatic carbocycles. The fourth-order valence-corrected chi connectivity index (χ4v) is 2.71. The van der Waals surface area contributed by atoms with Crippen molar-refractivity contribution in [2.45, 2.75) is 116 Å². The molecule has 0 aromatic rings. The van der Waals surface area contributed by atoms with Gasteiger partial charge in [-0.05, 0) is 6.42 Å². The molecule has 0 saturated carbocycles. The summed E-state index contributed by atoms with van der Waals surface area (Å²) in [6.45, 7) is 3.22. The number of hydrogen-bond acceptors (Lipinski definition) is 4. The third kappa shape index (κ3) is 25.7. The smallest absolute Gasteiger partial charge is 0.300 e. The van der Waals surface area contributed by atoms with E-state index in [0.717, 1.165) is 19.8 Å². The van der Waals surface area contributed by atoms with Gasteiger partial charge in [0.05, 0.1) is 18.8 Å². The van der Waals surface area contributed by atoms with Gasteiger partial charge in [-0.2, -0.15) is 0 Å². The molecule has 0 fully saturated rings. The Bertz CT molecular complexity index is 270. The molecule has 2 unspecified atom stereocenters. The van der Waals surface area contributed by atoms with Crippen LogP contribution in [0.1, 0.15) is 104 Å². The van der Waals surface area contributed by atoms with E-state index in [0.29, 0.717) is 0 Å². The number of carbonyl (C=O) groups is 1. The van der Waals surface area contributed by atoms with Gasteiger partial charge < -0.3 is 21.1 Å². The normalized spacial score (nSPS) is 13.0. The second-order valence-corrected chi connectivity index (χ2v) is 6.96. The molecule has 0 aliphatic heterocycles. The third-order valence-electron chi connectivity index (χ3n) is 4.31. The summed E-state index contributed by atoms with van der Waals surface area (Å²) in [4.78, 5) is 9.00. The summed E-state index contributed by atoms with van der Waals surface area (Å²) >= 11 is 0. The van der Waals surface area contributed by atoms with Gasteiger partial charge in [-0.25, -0.2) is 0 Å². The van der Waals surface area contributed by atoms with Gasteiger partial charge >= 0.3 is 0 Å². The largest absolute Gasteiger partial charge is 0.481 e. The number of carboxylic acid groups (broad SMARTS) is 1. The van der Waals surface area contributed by atoms with Crippen molar-refractivity contribution in [2.75, 3.05) is 6.61 Å². The van der Waals surface area contributed by atoms with E-state index < -0.39 is 18.1 Å². The topological polar surface area (TPSA) is 104 Å². The van der Waals surface area contributed by atoms with Gasteiger partial charge in [-0.1, -0.05) is 90.4 Å². The van der Waals surface area contributed by atoms with Crippen LogP contribution in [0.3, 0.4) is 0 Å². The Morgan fingerprint density at radius 3 is 1.48 bits per heavy atom. The van der Waals surface area contributed by atoms with Crippen molar-refractivity contribution in [3.05, 3.63) is 0 Å². The highest BCUT2D eigenvalue weighted by atomic mass is 16.4. The Balaban J connectivity index is 0. The van der Waals surface area contributed by atoms with Gasteiger partial charge in [0.15, 0.2) is 0 Å². The summed E-state index contributed by atoms with van der Waals surface area (Å²) in [5.74, 6) is -0.833. The van der Waals surface area contributed by atoms with Crippen molar-refractivity contribution >= 4 is 5.97 Å². The quantitative estimate of drug-likeness (QED) is 0.308. The Hall–Kier alpha value is -0.650. The van der Waals surface area contributed by atoms with Crippen LogP contribution in [0.15, 0.2) is 0 Å². The molecule has 5 N–H and O–H groups in total. The maximum absolute atomic E-state index is 9.61. The molecule has 2 atom stereocenters. The molecular weight excluding hydrogens is 318 g/mol. The van der Waals surface area contributed by atoms with E-state index in [-0.39, 0.29) is 6.61 Å². The van der Waals surface area contributed by atoms with Crippen LogP contribution in [0.25, 0.3) is 0 Å². The molecule has 0 radical (unpaired) electrons. The fraction of sp³-hybridized carbons (Fsp3) is 0.950. The zero-order chi connectivity index (χ0) is 19.3. The summed E-state index contributed by atoms with van der Waals surface area (Å²) in [7, 11) is 0. The Labute approximate surface area is 155 Å². The molecule has 0 bridgehead atoms. The van der Waals surface area contributed by atoms with Crippen molar-refractivity contribution in [3.8, 4) is 0 Å². The molecule has 0 spiro atoms. The van der Waals surface area contributed by atoms with E-state index >= 15 is 0 Å². The summed E-state index contributed by atoms with van der Waals surface area (Å²) in [5, 5.41) is 25.9. The number of unbranched alkanes of at least 4 members (excludes halogenated alkanes) is 12. The second kappa shape index (κ2) is 21.4. The minimum absolute atomic E-state index is 0.125. The maximum atomic E-state index is 9.61. The van der Waals surface area contributed by atoms with E-state index in [9.17, 15) is 5.11 Å². The lowest BCUT2D eigenvalue weighted by molar-refractivity contribution is -0.134.